The van der Waals surface area contributed by atoms with E-state index in [1.54, 1.807) is 28.1 Å². The lowest BCUT2D eigenvalue weighted by molar-refractivity contribution is -0.746. The molecule has 0 fully saturated rings. The molecular formula is C13H25NO6P+. The Morgan fingerprint density at radius 1 is 1.00 bits per heavy atom. The van der Waals surface area contributed by atoms with E-state index in [1.807, 2.05) is 0 Å². The third-order valence-corrected chi connectivity index (χ3v) is 7.64. The fraction of sp³-hybridized carbons (Fsp3) is 0.692. The Bertz CT molecular complexity index is 478. The first kappa shape index (κ1) is 19.8. The van der Waals surface area contributed by atoms with Gasteiger partial charge in [-0.05, 0) is 6.42 Å². The van der Waals surface area contributed by atoms with Crippen molar-refractivity contribution in [3.63, 3.8) is 0 Å². The van der Waals surface area contributed by atoms with Gasteiger partial charge < -0.3 is 15.3 Å². The lowest BCUT2D eigenvalue weighted by Gasteiger charge is -2.33. The van der Waals surface area contributed by atoms with Crippen molar-refractivity contribution in [1.82, 2.24) is 0 Å². The minimum Gasteiger partial charge on any atom is -0.478 e. The van der Waals surface area contributed by atoms with Gasteiger partial charge in [0.1, 0.15) is 0 Å². The van der Waals surface area contributed by atoms with Crippen molar-refractivity contribution in [2.75, 3.05) is 40.1 Å². The summed E-state index contributed by atoms with van der Waals surface area (Å²) >= 11 is 0. The number of carboxylic acids is 2. The summed E-state index contributed by atoms with van der Waals surface area (Å²) in [6, 6.07) is 0. The van der Waals surface area contributed by atoms with E-state index in [2.05, 4.69) is 0 Å². The number of aliphatic hydroxyl groups is 1. The molecule has 3 N–H and O–H groups in total. The van der Waals surface area contributed by atoms with E-state index in [1.165, 1.54) is 0 Å². The minimum atomic E-state index is -2.68. The van der Waals surface area contributed by atoms with E-state index in [4.69, 9.17) is 10.2 Å². The van der Waals surface area contributed by atoms with Crippen LogP contribution >= 0.6 is 7.29 Å². The second-order valence-corrected chi connectivity index (χ2v) is 9.59. The molecule has 0 radical (unpaired) electrons. The molecule has 0 aromatic rings. The first-order valence-electron chi connectivity index (χ1n) is 6.69. The van der Waals surface area contributed by atoms with Crippen LogP contribution in [0.4, 0.5) is 0 Å². The van der Waals surface area contributed by atoms with E-state index in [0.717, 1.165) is 0 Å². The molecular weight excluding hydrogens is 297 g/mol. The van der Waals surface area contributed by atoms with Gasteiger partial charge >= 0.3 is 11.9 Å². The number of carboxylic acid groups (broad SMARTS) is 2. The minimum absolute atomic E-state index is 0.0857. The largest absolute Gasteiger partial charge is 0.478 e. The Hall–Kier alpha value is -1.17. The standard InChI is InChI=1S/C13H24NO6P/c1-5-21(20,14(2,3)4)9-7-11(13(18)19)10(6-8-15)12(16)17/h15H,5-9H2,1-4H3,(H-,16,17,18,19)/p+1. The Labute approximate surface area is 124 Å². The highest BCUT2D eigenvalue weighted by Crippen LogP contribution is 2.53. The molecule has 0 spiro atoms. The van der Waals surface area contributed by atoms with Gasteiger partial charge in [0.05, 0.1) is 27.3 Å². The molecule has 0 saturated heterocycles. The molecule has 0 aromatic heterocycles. The Morgan fingerprint density at radius 3 is 1.71 bits per heavy atom. The van der Waals surface area contributed by atoms with Gasteiger partial charge in [-0.1, -0.05) is 6.92 Å². The van der Waals surface area contributed by atoms with Gasteiger partial charge in [-0.25, -0.2) is 9.59 Å². The molecule has 1 unspecified atom stereocenters. The highest BCUT2D eigenvalue weighted by molar-refractivity contribution is 7.58. The van der Waals surface area contributed by atoms with Crippen LogP contribution in [0.15, 0.2) is 11.1 Å². The smallest absolute Gasteiger partial charge is 0.332 e. The molecule has 1 atom stereocenters. The summed E-state index contributed by atoms with van der Waals surface area (Å²) in [6.45, 7) is 1.33. The average Bonchev–Trinajstić information content (AvgIpc) is 2.35. The van der Waals surface area contributed by atoms with E-state index in [0.29, 0.717) is 6.16 Å². The molecule has 0 aliphatic carbocycles. The third-order valence-electron chi connectivity index (χ3n) is 3.54. The second-order valence-electron chi connectivity index (χ2n) is 5.62. The lowest BCUT2D eigenvalue weighted by atomic mass is 10.0. The number of nitrogens with zero attached hydrogens (tertiary/aromatic N) is 1. The fourth-order valence-corrected chi connectivity index (χ4v) is 4.39. The molecule has 0 bridgehead atoms. The highest BCUT2D eigenvalue weighted by atomic mass is 31.2. The van der Waals surface area contributed by atoms with Crippen LogP contribution in [-0.4, -0.2) is 71.6 Å². The van der Waals surface area contributed by atoms with Crippen LogP contribution in [0, 0.1) is 0 Å². The van der Waals surface area contributed by atoms with Gasteiger partial charge in [-0.2, -0.15) is 0 Å². The number of hydrogen-bond acceptors (Lipinski definition) is 4. The quantitative estimate of drug-likeness (QED) is 0.435. The van der Waals surface area contributed by atoms with Crippen LogP contribution in [-0.2, 0) is 14.2 Å². The predicted molar refractivity (Wildman–Crippen MR) is 79.7 cm³/mol. The van der Waals surface area contributed by atoms with Gasteiger partial charge in [0.2, 0.25) is 7.29 Å². The van der Waals surface area contributed by atoms with E-state index in [-0.39, 0.29) is 34.4 Å². The zero-order valence-corrected chi connectivity index (χ0v) is 13.9. The van der Waals surface area contributed by atoms with Crippen molar-refractivity contribution >= 4 is 19.2 Å². The molecule has 122 valence electrons. The van der Waals surface area contributed by atoms with Crippen LogP contribution in [0.1, 0.15) is 19.8 Å². The zero-order valence-electron chi connectivity index (χ0n) is 13.0. The van der Waals surface area contributed by atoms with Crippen molar-refractivity contribution in [2.45, 2.75) is 19.8 Å². The van der Waals surface area contributed by atoms with Crippen LogP contribution in [0.5, 0.6) is 0 Å². The van der Waals surface area contributed by atoms with Gasteiger partial charge in [0, 0.05) is 30.3 Å². The molecule has 0 heterocycles. The van der Waals surface area contributed by atoms with Gasteiger partial charge in [-0.3, -0.25) is 8.82 Å². The highest BCUT2D eigenvalue weighted by Gasteiger charge is 2.36. The summed E-state index contributed by atoms with van der Waals surface area (Å²) in [5.74, 6) is -2.71. The normalized spacial score (nSPS) is 16.0. The van der Waals surface area contributed by atoms with Crippen molar-refractivity contribution in [2.24, 2.45) is 0 Å². The maximum atomic E-state index is 12.8. The summed E-state index contributed by atoms with van der Waals surface area (Å²) in [7, 11) is 2.65. The van der Waals surface area contributed by atoms with Crippen LogP contribution in [0.3, 0.4) is 0 Å². The molecule has 0 aliphatic rings. The summed E-state index contributed by atoms with van der Waals surface area (Å²) in [5.41, 5.74) is -0.604. The molecule has 0 rings (SSSR count). The van der Waals surface area contributed by atoms with E-state index < -0.39 is 25.8 Å². The summed E-state index contributed by atoms with van der Waals surface area (Å²) in [4.78, 5) is 22.4. The van der Waals surface area contributed by atoms with Gasteiger partial charge in [0.15, 0.2) is 0 Å². The van der Waals surface area contributed by atoms with E-state index in [9.17, 15) is 19.3 Å². The average molecular weight is 322 g/mol. The number of aliphatic carboxylic acids is 2. The molecule has 7 nitrogen and oxygen atoms in total. The second kappa shape index (κ2) is 7.73. The summed E-state index contributed by atoms with van der Waals surface area (Å²) < 4.78 is 13.1. The molecule has 0 aliphatic heterocycles. The maximum Gasteiger partial charge on any atom is 0.332 e. The van der Waals surface area contributed by atoms with E-state index >= 15 is 0 Å². The monoisotopic (exact) mass is 322 g/mol. The third kappa shape index (κ3) is 5.26. The number of quaternary nitrogens is 1. The number of rotatable bonds is 9. The van der Waals surface area contributed by atoms with Crippen LogP contribution < -0.4 is 0 Å². The number of aliphatic hydroxyl groups excluding tert-OH is 1. The predicted octanol–water partition coefficient (Wildman–Crippen LogP) is 1.23. The Morgan fingerprint density at radius 2 is 1.43 bits per heavy atom. The first-order valence-corrected chi connectivity index (χ1v) is 8.72. The number of hydrogen-bond donors (Lipinski definition) is 3. The van der Waals surface area contributed by atoms with Crippen molar-refractivity contribution < 1.29 is 33.7 Å². The molecule has 0 saturated carbocycles. The summed E-state index contributed by atoms with van der Waals surface area (Å²) in [6.07, 6.45) is 0.206. The Kier molecular flexibility index (Phi) is 7.30. The molecule has 21 heavy (non-hydrogen) atoms. The first-order chi connectivity index (χ1) is 9.50. The van der Waals surface area contributed by atoms with Crippen molar-refractivity contribution in [3.05, 3.63) is 11.1 Å². The lowest BCUT2D eigenvalue weighted by Crippen LogP contribution is -2.33. The fourth-order valence-electron chi connectivity index (χ4n) is 2.05. The van der Waals surface area contributed by atoms with Crippen molar-refractivity contribution in [3.8, 4) is 0 Å². The van der Waals surface area contributed by atoms with Crippen molar-refractivity contribution in [1.29, 1.82) is 0 Å². The van der Waals surface area contributed by atoms with Crippen LogP contribution in [0.2, 0.25) is 0 Å². The van der Waals surface area contributed by atoms with Gasteiger partial charge in [0.25, 0.3) is 0 Å². The number of carbonyl (C=O) groups is 2. The van der Waals surface area contributed by atoms with Crippen LogP contribution in [0.25, 0.3) is 0 Å². The molecule has 8 heteroatoms. The molecule has 0 amide bonds. The Balaban J connectivity index is 5.48. The SMILES string of the molecule is CCP(=O)(CCC(C(=O)O)=C(CCO)C(=O)O)[N+](C)(C)C. The summed E-state index contributed by atoms with van der Waals surface area (Å²) in [5, 5.41) is 27.1. The molecule has 0 aromatic carbocycles. The zero-order chi connectivity index (χ0) is 16.8. The maximum absolute atomic E-state index is 12.8. The topological polar surface area (TPSA) is 112 Å². The van der Waals surface area contributed by atoms with Gasteiger partial charge in [-0.15, -0.1) is 0 Å².